The van der Waals surface area contributed by atoms with Crippen LogP contribution in [0.5, 0.6) is 0 Å². The van der Waals surface area contributed by atoms with E-state index in [1.54, 1.807) is 6.20 Å². The Morgan fingerprint density at radius 1 is 1.43 bits per heavy atom. The fraction of sp³-hybridized carbons (Fsp3) is 0.667. The minimum Gasteiger partial charge on any atom is -0.303 e. The lowest BCUT2D eigenvalue weighted by atomic mass is 9.60. The third-order valence-corrected chi connectivity index (χ3v) is 8.95. The SMILES string of the molecule is Cc1c(C2(C)CC(C)C([Si](C)(C)C)C(F)C2C=O)ccnc1Cl. The smallest absolute Gasteiger partial charge is 0.132 e. The number of hydrogen-bond donors (Lipinski definition) is 0. The van der Waals surface area contributed by atoms with E-state index in [1.165, 1.54) is 0 Å². The van der Waals surface area contributed by atoms with E-state index in [0.717, 1.165) is 23.8 Å². The van der Waals surface area contributed by atoms with E-state index in [-0.39, 0.29) is 11.5 Å². The molecule has 1 heterocycles. The molecule has 0 spiro atoms. The molecule has 1 saturated carbocycles. The zero-order chi connectivity index (χ0) is 17.6. The number of rotatable bonds is 3. The lowest BCUT2D eigenvalue weighted by molar-refractivity contribution is -0.117. The van der Waals surface area contributed by atoms with Gasteiger partial charge in [0, 0.05) is 11.6 Å². The van der Waals surface area contributed by atoms with Crippen molar-refractivity contribution in [3.8, 4) is 0 Å². The van der Waals surface area contributed by atoms with Gasteiger partial charge in [-0.3, -0.25) is 0 Å². The Bertz CT molecular complexity index is 603. The van der Waals surface area contributed by atoms with Crippen LogP contribution >= 0.6 is 11.6 Å². The highest BCUT2D eigenvalue weighted by Crippen LogP contribution is 2.54. The summed E-state index contributed by atoms with van der Waals surface area (Å²) < 4.78 is 15.4. The Balaban J connectivity index is 2.55. The Morgan fingerprint density at radius 3 is 2.57 bits per heavy atom. The van der Waals surface area contributed by atoms with Crippen molar-refractivity contribution in [3.63, 3.8) is 0 Å². The van der Waals surface area contributed by atoms with E-state index in [9.17, 15) is 4.79 Å². The molecule has 2 rings (SSSR count). The molecule has 5 heteroatoms. The zero-order valence-electron chi connectivity index (χ0n) is 14.9. The molecule has 5 atom stereocenters. The summed E-state index contributed by atoms with van der Waals surface area (Å²) in [5.74, 6) is -0.392. The predicted octanol–water partition coefficient (Wildman–Crippen LogP) is 5.20. The highest BCUT2D eigenvalue weighted by molar-refractivity contribution is 6.77. The average Bonchev–Trinajstić information content (AvgIpc) is 2.39. The van der Waals surface area contributed by atoms with Crippen molar-refractivity contribution in [3.05, 3.63) is 28.5 Å². The molecule has 0 saturated heterocycles. The number of carbonyl (C=O) groups excluding carboxylic acids is 1. The van der Waals surface area contributed by atoms with Gasteiger partial charge in [0.15, 0.2) is 0 Å². The third-order valence-electron chi connectivity index (χ3n) is 5.69. The molecule has 2 nitrogen and oxygen atoms in total. The maximum atomic E-state index is 15.4. The second-order valence-corrected chi connectivity index (χ2v) is 14.1. The van der Waals surface area contributed by atoms with E-state index < -0.39 is 25.6 Å². The quantitative estimate of drug-likeness (QED) is 0.423. The number of alkyl halides is 1. The van der Waals surface area contributed by atoms with Crippen molar-refractivity contribution < 1.29 is 9.18 Å². The molecule has 0 N–H and O–H groups in total. The van der Waals surface area contributed by atoms with Crippen molar-refractivity contribution in [2.45, 2.75) is 64.0 Å². The van der Waals surface area contributed by atoms with Crippen LogP contribution in [0.3, 0.4) is 0 Å². The van der Waals surface area contributed by atoms with Crippen LogP contribution in [0.2, 0.25) is 30.3 Å². The third kappa shape index (κ3) is 3.12. The van der Waals surface area contributed by atoms with Gasteiger partial charge in [-0.15, -0.1) is 0 Å². The van der Waals surface area contributed by atoms with Crippen LogP contribution in [0.4, 0.5) is 4.39 Å². The molecular formula is C18H27ClFNOSi. The summed E-state index contributed by atoms with van der Waals surface area (Å²) in [5.41, 5.74) is 1.28. The second-order valence-electron chi connectivity index (χ2n) is 8.37. The minimum atomic E-state index is -1.70. The highest BCUT2D eigenvalue weighted by atomic mass is 35.5. The fourth-order valence-electron chi connectivity index (χ4n) is 4.80. The molecule has 128 valence electrons. The van der Waals surface area contributed by atoms with Gasteiger partial charge in [-0.05, 0) is 42.0 Å². The molecule has 0 radical (unpaired) electrons. The first-order valence-corrected chi connectivity index (χ1v) is 12.2. The molecule has 1 aromatic heterocycles. The largest absolute Gasteiger partial charge is 0.303 e. The van der Waals surface area contributed by atoms with E-state index in [4.69, 9.17) is 11.6 Å². The summed E-state index contributed by atoms with van der Waals surface area (Å²) in [6.07, 6.45) is 2.18. The Labute approximate surface area is 144 Å². The first-order chi connectivity index (χ1) is 10.5. The number of carbonyl (C=O) groups is 1. The molecule has 1 fully saturated rings. The Kier molecular flexibility index (Phi) is 5.08. The molecule has 0 bridgehead atoms. The lowest BCUT2D eigenvalue weighted by Gasteiger charge is -2.51. The summed E-state index contributed by atoms with van der Waals surface area (Å²) in [7, 11) is -1.70. The van der Waals surface area contributed by atoms with Gasteiger partial charge in [0.1, 0.15) is 17.6 Å². The predicted molar refractivity (Wildman–Crippen MR) is 96.7 cm³/mol. The molecule has 0 amide bonds. The summed E-state index contributed by atoms with van der Waals surface area (Å²) in [5, 5.41) is 0.434. The van der Waals surface area contributed by atoms with Gasteiger partial charge in [0.05, 0.1) is 14.0 Å². The Hall–Kier alpha value is -0.743. The molecule has 5 unspecified atom stereocenters. The fourth-order valence-corrected chi connectivity index (χ4v) is 7.94. The highest BCUT2D eigenvalue weighted by Gasteiger charge is 2.54. The summed E-state index contributed by atoms with van der Waals surface area (Å²) in [6.45, 7) is 12.6. The first-order valence-electron chi connectivity index (χ1n) is 8.25. The lowest BCUT2D eigenvalue weighted by Crippen LogP contribution is -2.53. The van der Waals surface area contributed by atoms with Crippen LogP contribution in [0.15, 0.2) is 12.3 Å². The molecule has 0 aromatic carbocycles. The number of pyridine rings is 1. The van der Waals surface area contributed by atoms with Gasteiger partial charge >= 0.3 is 0 Å². The standard InChI is InChI=1S/C18H27ClFNOSi/c1-11-9-18(3,13-7-8-21-17(19)12(13)2)14(10-22)15(20)16(11)23(4,5)6/h7-8,10-11,14-16H,9H2,1-6H3. The summed E-state index contributed by atoms with van der Waals surface area (Å²) >= 11 is 6.17. The molecular weight excluding hydrogens is 329 g/mol. The molecule has 23 heavy (non-hydrogen) atoms. The normalized spacial score (nSPS) is 35.1. The number of aldehydes is 1. The van der Waals surface area contributed by atoms with E-state index in [2.05, 4.69) is 31.5 Å². The number of halogens is 2. The molecule has 1 aliphatic rings. The van der Waals surface area contributed by atoms with Gasteiger partial charge in [0.25, 0.3) is 0 Å². The van der Waals surface area contributed by atoms with Crippen molar-refractivity contribution in [1.29, 1.82) is 0 Å². The van der Waals surface area contributed by atoms with Crippen molar-refractivity contribution in [1.82, 2.24) is 4.98 Å². The van der Waals surface area contributed by atoms with Crippen LogP contribution in [-0.4, -0.2) is 25.5 Å². The van der Waals surface area contributed by atoms with Gasteiger partial charge in [-0.1, -0.05) is 45.1 Å². The van der Waals surface area contributed by atoms with Gasteiger partial charge in [0.2, 0.25) is 0 Å². The van der Waals surface area contributed by atoms with Crippen LogP contribution in [0.1, 0.15) is 31.4 Å². The minimum absolute atomic E-state index is 0.00314. The van der Waals surface area contributed by atoms with Crippen LogP contribution in [-0.2, 0) is 10.2 Å². The average molecular weight is 356 g/mol. The molecule has 0 aliphatic heterocycles. The van der Waals surface area contributed by atoms with E-state index in [1.807, 2.05) is 19.9 Å². The van der Waals surface area contributed by atoms with E-state index in [0.29, 0.717) is 5.15 Å². The van der Waals surface area contributed by atoms with Crippen LogP contribution in [0, 0.1) is 18.8 Å². The van der Waals surface area contributed by atoms with Crippen LogP contribution < -0.4 is 0 Å². The number of aromatic nitrogens is 1. The van der Waals surface area contributed by atoms with Gasteiger partial charge in [-0.25, -0.2) is 9.37 Å². The van der Waals surface area contributed by atoms with Crippen molar-refractivity contribution in [2.24, 2.45) is 11.8 Å². The molecule has 1 aromatic rings. The topological polar surface area (TPSA) is 30.0 Å². The zero-order valence-corrected chi connectivity index (χ0v) is 16.6. The molecule has 1 aliphatic carbocycles. The first kappa shape index (κ1) is 18.6. The maximum absolute atomic E-state index is 15.4. The summed E-state index contributed by atoms with van der Waals surface area (Å²) in [6, 6.07) is 1.89. The number of hydrogen-bond acceptors (Lipinski definition) is 2. The van der Waals surface area contributed by atoms with E-state index >= 15 is 4.39 Å². The maximum Gasteiger partial charge on any atom is 0.132 e. The Morgan fingerprint density at radius 2 is 2.04 bits per heavy atom. The monoisotopic (exact) mass is 355 g/mol. The second kappa shape index (κ2) is 6.28. The van der Waals surface area contributed by atoms with Crippen LogP contribution in [0.25, 0.3) is 0 Å². The van der Waals surface area contributed by atoms with Crippen molar-refractivity contribution >= 4 is 26.0 Å². The van der Waals surface area contributed by atoms with Gasteiger partial charge in [-0.2, -0.15) is 0 Å². The van der Waals surface area contributed by atoms with Gasteiger partial charge < -0.3 is 4.79 Å². The summed E-state index contributed by atoms with van der Waals surface area (Å²) in [4.78, 5) is 16.0. The van der Waals surface area contributed by atoms with Crippen molar-refractivity contribution in [2.75, 3.05) is 0 Å². The number of nitrogens with zero attached hydrogens (tertiary/aromatic N) is 1.